The van der Waals surface area contributed by atoms with Gasteiger partial charge in [0.15, 0.2) is 0 Å². The Morgan fingerprint density at radius 2 is 1.91 bits per heavy atom. The molecule has 3 heterocycles. The lowest BCUT2D eigenvalue weighted by molar-refractivity contribution is 0.0159. The molecule has 1 aromatic carbocycles. The minimum Gasteiger partial charge on any atom is -0.444 e. The Kier molecular flexibility index (Phi) is 5.45. The maximum absolute atomic E-state index is 14.7. The van der Waals surface area contributed by atoms with Crippen LogP contribution in [0.5, 0.6) is 0 Å². The third-order valence-corrected chi connectivity index (χ3v) is 6.33. The van der Waals surface area contributed by atoms with Crippen molar-refractivity contribution in [3.05, 3.63) is 47.9 Å². The molecule has 0 unspecified atom stereocenters. The fourth-order valence-corrected chi connectivity index (χ4v) is 4.61. The van der Waals surface area contributed by atoms with Crippen molar-refractivity contribution in [3.63, 3.8) is 0 Å². The Balaban J connectivity index is 1.51. The zero-order chi connectivity index (χ0) is 24.2. The van der Waals surface area contributed by atoms with Gasteiger partial charge in [0, 0.05) is 37.9 Å². The number of hydrogen-bond donors (Lipinski definition) is 0. The molecule has 0 bridgehead atoms. The van der Waals surface area contributed by atoms with Gasteiger partial charge in [-0.2, -0.15) is 0 Å². The summed E-state index contributed by atoms with van der Waals surface area (Å²) in [5, 5.41) is 0.867. The Labute approximate surface area is 197 Å². The lowest BCUT2D eigenvalue weighted by atomic mass is 10.1. The van der Waals surface area contributed by atoms with Crippen molar-refractivity contribution in [2.45, 2.75) is 58.1 Å². The standard InChI is InChI=1S/C25H29F2N5O2/c1-15-12-30(9-10-31(15)24(33)34-25(2,3)4)22-21-18(16-5-6-16)13-32(23(21)29-14-28-22)20-11-17(26)7-8-19(20)27/h7-8,11,13-16H,5-6,9-10,12H2,1-4H3/t15-/m1/s1. The van der Waals surface area contributed by atoms with Gasteiger partial charge < -0.3 is 14.5 Å². The van der Waals surface area contributed by atoms with E-state index in [1.54, 1.807) is 9.47 Å². The van der Waals surface area contributed by atoms with Crippen LogP contribution in [-0.2, 0) is 4.74 Å². The van der Waals surface area contributed by atoms with Crippen LogP contribution in [0.25, 0.3) is 16.7 Å². The summed E-state index contributed by atoms with van der Waals surface area (Å²) in [6.45, 7) is 9.22. The van der Waals surface area contributed by atoms with Crippen LogP contribution in [0.3, 0.4) is 0 Å². The van der Waals surface area contributed by atoms with Crippen molar-refractivity contribution in [1.82, 2.24) is 19.4 Å². The Bertz CT molecular complexity index is 1250. The first kappa shape index (κ1) is 22.6. The van der Waals surface area contributed by atoms with E-state index < -0.39 is 17.2 Å². The van der Waals surface area contributed by atoms with Crippen LogP contribution < -0.4 is 4.90 Å². The number of fused-ring (bicyclic) bond motifs is 1. The first-order valence-corrected chi connectivity index (χ1v) is 11.7. The monoisotopic (exact) mass is 469 g/mol. The maximum Gasteiger partial charge on any atom is 0.410 e. The number of nitrogens with zero attached hydrogens (tertiary/aromatic N) is 5. The van der Waals surface area contributed by atoms with Gasteiger partial charge >= 0.3 is 6.09 Å². The lowest BCUT2D eigenvalue weighted by Crippen LogP contribution is -2.55. The second kappa shape index (κ2) is 8.21. The van der Waals surface area contributed by atoms with E-state index in [-0.39, 0.29) is 17.8 Å². The predicted molar refractivity (Wildman–Crippen MR) is 125 cm³/mol. The minimum atomic E-state index is -0.555. The number of rotatable bonds is 3. The normalized spacial score (nSPS) is 19.1. The van der Waals surface area contributed by atoms with Crippen molar-refractivity contribution < 1.29 is 18.3 Å². The highest BCUT2D eigenvalue weighted by Crippen LogP contribution is 2.46. The number of benzene rings is 1. The summed E-state index contributed by atoms with van der Waals surface area (Å²) < 4.78 is 35.8. The first-order valence-electron chi connectivity index (χ1n) is 11.7. The van der Waals surface area contributed by atoms with Gasteiger partial charge in [-0.15, -0.1) is 0 Å². The summed E-state index contributed by atoms with van der Waals surface area (Å²) in [7, 11) is 0. The molecule has 1 atom stereocenters. The number of carbonyl (C=O) groups is 1. The van der Waals surface area contributed by atoms with E-state index in [2.05, 4.69) is 14.9 Å². The van der Waals surface area contributed by atoms with Gasteiger partial charge in [0.2, 0.25) is 0 Å². The predicted octanol–water partition coefficient (Wildman–Crippen LogP) is 5.02. The fourth-order valence-electron chi connectivity index (χ4n) is 4.61. The smallest absolute Gasteiger partial charge is 0.410 e. The van der Waals surface area contributed by atoms with E-state index >= 15 is 0 Å². The Hall–Kier alpha value is -3.23. The van der Waals surface area contributed by atoms with Crippen molar-refractivity contribution in [2.75, 3.05) is 24.5 Å². The SMILES string of the molecule is C[C@@H]1CN(c2ncnc3c2c(C2CC2)cn3-c2cc(F)ccc2F)CCN1C(=O)OC(C)(C)C. The van der Waals surface area contributed by atoms with Crippen molar-refractivity contribution in [3.8, 4) is 5.69 Å². The van der Waals surface area contributed by atoms with E-state index in [0.717, 1.165) is 41.7 Å². The number of hydrogen-bond acceptors (Lipinski definition) is 5. The molecular weight excluding hydrogens is 440 g/mol. The van der Waals surface area contributed by atoms with Crippen LogP contribution >= 0.6 is 0 Å². The zero-order valence-corrected chi connectivity index (χ0v) is 19.9. The van der Waals surface area contributed by atoms with Crippen molar-refractivity contribution in [2.24, 2.45) is 0 Å². The summed E-state index contributed by atoms with van der Waals surface area (Å²) >= 11 is 0. The van der Waals surface area contributed by atoms with Crippen molar-refractivity contribution in [1.29, 1.82) is 0 Å². The van der Waals surface area contributed by atoms with Crippen LogP contribution in [0.15, 0.2) is 30.7 Å². The molecule has 0 N–H and O–H groups in total. The van der Waals surface area contributed by atoms with Gasteiger partial charge in [-0.25, -0.2) is 23.5 Å². The number of carbonyl (C=O) groups excluding carboxylic acids is 1. The second-order valence-corrected chi connectivity index (χ2v) is 10.2. The van der Waals surface area contributed by atoms with Crippen LogP contribution in [0, 0.1) is 11.6 Å². The molecule has 0 radical (unpaired) electrons. The number of aromatic nitrogens is 3. The van der Waals surface area contributed by atoms with Crippen LogP contribution in [0.2, 0.25) is 0 Å². The summed E-state index contributed by atoms with van der Waals surface area (Å²) in [5.74, 6) is 0.0942. The highest BCUT2D eigenvalue weighted by molar-refractivity contribution is 5.93. The van der Waals surface area contributed by atoms with Crippen LogP contribution in [0.1, 0.15) is 52.0 Å². The third kappa shape index (κ3) is 4.19. The molecule has 2 aliphatic rings. The first-order chi connectivity index (χ1) is 16.1. The summed E-state index contributed by atoms with van der Waals surface area (Å²) in [5.41, 5.74) is 1.18. The van der Waals surface area contributed by atoms with Crippen molar-refractivity contribution >= 4 is 22.9 Å². The van der Waals surface area contributed by atoms with E-state index in [1.807, 2.05) is 33.9 Å². The zero-order valence-electron chi connectivity index (χ0n) is 19.9. The molecule has 1 aliphatic carbocycles. The summed E-state index contributed by atoms with van der Waals surface area (Å²) in [6, 6.07) is 3.35. The molecule has 1 saturated heterocycles. The molecule has 1 saturated carbocycles. The quantitative estimate of drug-likeness (QED) is 0.539. The molecular formula is C25H29F2N5O2. The average Bonchev–Trinajstić information content (AvgIpc) is 3.54. The van der Waals surface area contributed by atoms with Gasteiger partial charge in [-0.1, -0.05) is 0 Å². The van der Waals surface area contributed by atoms with Gasteiger partial charge in [-0.05, 0) is 64.2 Å². The molecule has 180 valence electrons. The van der Waals surface area contributed by atoms with Gasteiger partial charge in [0.1, 0.15) is 35.0 Å². The average molecular weight is 470 g/mol. The topological polar surface area (TPSA) is 63.5 Å². The number of amides is 1. The van der Waals surface area contributed by atoms with E-state index in [9.17, 15) is 13.6 Å². The molecule has 2 fully saturated rings. The van der Waals surface area contributed by atoms with E-state index in [4.69, 9.17) is 4.74 Å². The van der Waals surface area contributed by atoms with Gasteiger partial charge in [0.05, 0.1) is 11.1 Å². The molecule has 34 heavy (non-hydrogen) atoms. The van der Waals surface area contributed by atoms with Crippen LogP contribution in [-0.4, -0.2) is 56.8 Å². The number of piperazine rings is 1. The Morgan fingerprint density at radius 1 is 1.15 bits per heavy atom. The minimum absolute atomic E-state index is 0.0826. The third-order valence-electron chi connectivity index (χ3n) is 6.33. The summed E-state index contributed by atoms with van der Waals surface area (Å²) in [6.07, 6.45) is 5.11. The molecule has 1 amide bonds. The molecule has 2 aromatic heterocycles. The summed E-state index contributed by atoms with van der Waals surface area (Å²) in [4.78, 5) is 25.6. The fraction of sp³-hybridized carbons (Fsp3) is 0.480. The lowest BCUT2D eigenvalue weighted by Gasteiger charge is -2.40. The highest BCUT2D eigenvalue weighted by atomic mass is 19.1. The highest BCUT2D eigenvalue weighted by Gasteiger charge is 2.35. The maximum atomic E-state index is 14.7. The Morgan fingerprint density at radius 3 is 2.59 bits per heavy atom. The number of ether oxygens (including phenoxy) is 1. The molecule has 0 spiro atoms. The largest absolute Gasteiger partial charge is 0.444 e. The molecule has 5 rings (SSSR count). The second-order valence-electron chi connectivity index (χ2n) is 10.2. The molecule has 1 aliphatic heterocycles. The van der Waals surface area contributed by atoms with E-state index in [1.165, 1.54) is 12.4 Å². The number of anilines is 1. The molecule has 7 nitrogen and oxygen atoms in total. The van der Waals surface area contributed by atoms with Crippen LogP contribution in [0.4, 0.5) is 19.4 Å². The number of halogens is 2. The van der Waals surface area contributed by atoms with Gasteiger partial charge in [0.25, 0.3) is 0 Å². The van der Waals surface area contributed by atoms with E-state index in [0.29, 0.717) is 31.2 Å². The molecule has 3 aromatic rings. The van der Waals surface area contributed by atoms with Gasteiger partial charge in [-0.3, -0.25) is 4.57 Å². The molecule has 9 heteroatoms.